The summed E-state index contributed by atoms with van der Waals surface area (Å²) in [7, 11) is 0. The number of hydrogen-bond donors (Lipinski definition) is 1. The van der Waals surface area contributed by atoms with Crippen molar-refractivity contribution in [1.29, 1.82) is 5.41 Å². The van der Waals surface area contributed by atoms with E-state index in [0.29, 0.717) is 11.4 Å². The topological polar surface area (TPSA) is 61.7 Å². The quantitative estimate of drug-likeness (QED) is 0.128. The molecule has 0 unspecified atom stereocenters. The Labute approximate surface area is 342 Å². The number of rotatable bonds is 7. The van der Waals surface area contributed by atoms with Crippen LogP contribution in [0.3, 0.4) is 0 Å². The Bertz CT molecular complexity index is 3180. The van der Waals surface area contributed by atoms with E-state index in [9.17, 15) is 0 Å². The molecule has 0 saturated heterocycles. The zero-order valence-corrected chi connectivity index (χ0v) is 32.1. The summed E-state index contributed by atoms with van der Waals surface area (Å²) < 4.78 is 6.83. The summed E-state index contributed by atoms with van der Waals surface area (Å²) in [4.78, 5) is 9.57. The van der Waals surface area contributed by atoms with Gasteiger partial charge in [0.1, 0.15) is 11.2 Å². The van der Waals surface area contributed by atoms with Crippen LogP contribution in [0, 0.1) is 5.41 Å². The van der Waals surface area contributed by atoms with Gasteiger partial charge < -0.3 is 4.42 Å². The van der Waals surface area contributed by atoms with Gasteiger partial charge >= 0.3 is 0 Å². The van der Waals surface area contributed by atoms with Crippen LogP contribution in [0.4, 0.5) is 0 Å². The highest BCUT2D eigenvalue weighted by Gasteiger charge is 2.18. The third-order valence-electron chi connectivity index (χ3n) is 10.9. The molecule has 0 spiro atoms. The van der Waals surface area contributed by atoms with E-state index in [0.717, 1.165) is 71.7 Å². The Kier molecular flexibility index (Phi) is 9.34. The molecule has 0 aliphatic rings. The van der Waals surface area contributed by atoms with Gasteiger partial charge in [-0.15, -0.1) is 0 Å². The molecule has 4 heteroatoms. The van der Waals surface area contributed by atoms with Crippen LogP contribution in [0.2, 0.25) is 0 Å². The molecule has 4 nitrogen and oxygen atoms in total. The average Bonchev–Trinajstić information content (AvgIpc) is 3.70. The molecule has 0 bridgehead atoms. The SMILES string of the molecule is N=C(N=C(N=Cc1ccccc1)c1ccc(-c2ccccc2)cc1)c1ccc(-c2cccc3c2oc2c4ccccc4c(-c4cccc(-c5ccccc5)c4)cc32)cc1. The number of aliphatic imine (C=N–C) groups is 2. The fraction of sp³-hybridized carbons (Fsp3) is 0. The van der Waals surface area contributed by atoms with Crippen LogP contribution in [-0.2, 0) is 0 Å². The van der Waals surface area contributed by atoms with Crippen LogP contribution >= 0.6 is 0 Å². The number of fused-ring (bicyclic) bond motifs is 5. The molecular weight excluding hydrogens is 719 g/mol. The molecule has 59 heavy (non-hydrogen) atoms. The Morgan fingerprint density at radius 1 is 0.390 bits per heavy atom. The Morgan fingerprint density at radius 3 is 1.64 bits per heavy atom. The second kappa shape index (κ2) is 15.5. The Morgan fingerprint density at radius 2 is 0.915 bits per heavy atom. The van der Waals surface area contributed by atoms with E-state index in [2.05, 4.69) is 127 Å². The number of amidine groups is 2. The predicted molar refractivity (Wildman–Crippen MR) is 247 cm³/mol. The summed E-state index contributed by atoms with van der Waals surface area (Å²) in [5, 5.41) is 13.5. The van der Waals surface area contributed by atoms with E-state index in [1.54, 1.807) is 6.21 Å². The van der Waals surface area contributed by atoms with E-state index in [4.69, 9.17) is 19.8 Å². The maximum absolute atomic E-state index is 9.10. The Balaban J connectivity index is 1.00. The predicted octanol–water partition coefficient (Wildman–Crippen LogP) is 14.3. The molecule has 10 rings (SSSR count). The van der Waals surface area contributed by atoms with Crippen molar-refractivity contribution in [2.75, 3.05) is 0 Å². The maximum Gasteiger partial charge on any atom is 0.161 e. The van der Waals surface area contributed by atoms with Gasteiger partial charge in [0.2, 0.25) is 0 Å². The van der Waals surface area contributed by atoms with Gasteiger partial charge in [-0.25, -0.2) is 9.98 Å². The molecule has 0 atom stereocenters. The number of para-hydroxylation sites is 1. The number of furan rings is 1. The summed E-state index contributed by atoms with van der Waals surface area (Å²) >= 11 is 0. The molecule has 278 valence electrons. The standard InChI is InChI=1S/C55H37N3O/c56-54(58-55(57-36-37-14-4-1-5-15-37)43-32-26-40(27-33-43)38-16-6-2-7-17-38)42-30-28-41(29-31-42)46-24-13-25-49-51-35-50(47-22-10-11-23-48(47)53(51)59-52(46)49)45-21-12-20-44(34-45)39-18-8-3-9-19-39/h1-36,56H. The van der Waals surface area contributed by atoms with E-state index in [-0.39, 0.29) is 5.84 Å². The van der Waals surface area contributed by atoms with E-state index in [1.165, 1.54) is 16.7 Å². The first-order valence-electron chi connectivity index (χ1n) is 19.7. The number of nitrogens with zero attached hydrogens (tertiary/aromatic N) is 2. The van der Waals surface area contributed by atoms with Gasteiger partial charge in [-0.05, 0) is 62.0 Å². The van der Waals surface area contributed by atoms with E-state index >= 15 is 0 Å². The fourth-order valence-corrected chi connectivity index (χ4v) is 7.85. The van der Waals surface area contributed by atoms with Crippen molar-refractivity contribution >= 4 is 50.6 Å². The first-order valence-corrected chi connectivity index (χ1v) is 19.7. The second-order valence-corrected chi connectivity index (χ2v) is 14.6. The number of benzene rings is 9. The largest absolute Gasteiger partial charge is 0.455 e. The van der Waals surface area contributed by atoms with Gasteiger partial charge in [0.15, 0.2) is 11.7 Å². The molecular formula is C55H37N3O. The highest BCUT2D eigenvalue weighted by molar-refractivity contribution is 6.21. The van der Waals surface area contributed by atoms with Gasteiger partial charge in [0.05, 0.1) is 0 Å². The van der Waals surface area contributed by atoms with Gasteiger partial charge in [-0.3, -0.25) is 5.41 Å². The van der Waals surface area contributed by atoms with Crippen molar-refractivity contribution in [3.8, 4) is 44.5 Å². The van der Waals surface area contributed by atoms with Gasteiger partial charge in [-0.2, -0.15) is 0 Å². The molecule has 1 N–H and O–H groups in total. The molecule has 0 aliphatic heterocycles. The molecule has 10 aromatic rings. The number of hydrogen-bond acceptors (Lipinski definition) is 2. The molecule has 0 fully saturated rings. The van der Waals surface area contributed by atoms with Crippen LogP contribution in [-0.4, -0.2) is 17.9 Å². The lowest BCUT2D eigenvalue weighted by Gasteiger charge is -2.10. The molecule has 1 aromatic heterocycles. The minimum Gasteiger partial charge on any atom is -0.455 e. The van der Waals surface area contributed by atoms with Crippen LogP contribution in [0.25, 0.3) is 77.2 Å². The summed E-state index contributed by atoms with van der Waals surface area (Å²) in [6.45, 7) is 0. The normalized spacial score (nSPS) is 11.8. The van der Waals surface area contributed by atoms with Crippen molar-refractivity contribution in [3.63, 3.8) is 0 Å². The van der Waals surface area contributed by atoms with E-state index < -0.39 is 0 Å². The summed E-state index contributed by atoms with van der Waals surface area (Å²) in [5.74, 6) is 0.592. The number of nitrogens with one attached hydrogen (secondary N) is 1. The maximum atomic E-state index is 9.10. The monoisotopic (exact) mass is 755 g/mol. The molecule has 0 saturated carbocycles. The molecule has 1 heterocycles. The average molecular weight is 756 g/mol. The highest BCUT2D eigenvalue weighted by atomic mass is 16.3. The van der Waals surface area contributed by atoms with Crippen molar-refractivity contribution in [3.05, 3.63) is 229 Å². The van der Waals surface area contributed by atoms with Crippen LogP contribution < -0.4 is 0 Å². The smallest absolute Gasteiger partial charge is 0.161 e. The molecule has 9 aromatic carbocycles. The summed E-state index contributed by atoms with van der Waals surface area (Å²) in [6, 6.07) is 72.8. The third-order valence-corrected chi connectivity index (χ3v) is 10.9. The molecule has 0 radical (unpaired) electrons. The fourth-order valence-electron chi connectivity index (χ4n) is 7.85. The highest BCUT2D eigenvalue weighted by Crippen LogP contribution is 2.43. The van der Waals surface area contributed by atoms with Gasteiger partial charge in [-0.1, -0.05) is 200 Å². The second-order valence-electron chi connectivity index (χ2n) is 14.6. The minimum absolute atomic E-state index is 0.126. The van der Waals surface area contributed by atoms with Gasteiger partial charge in [0.25, 0.3) is 0 Å². The minimum atomic E-state index is 0.126. The third kappa shape index (κ3) is 7.05. The van der Waals surface area contributed by atoms with Crippen LogP contribution in [0.1, 0.15) is 16.7 Å². The van der Waals surface area contributed by atoms with Crippen molar-refractivity contribution in [1.82, 2.24) is 0 Å². The summed E-state index contributed by atoms with van der Waals surface area (Å²) in [6.07, 6.45) is 1.79. The molecule has 0 aliphatic carbocycles. The summed E-state index contributed by atoms with van der Waals surface area (Å²) in [5.41, 5.74) is 13.1. The zero-order chi connectivity index (χ0) is 39.5. The van der Waals surface area contributed by atoms with Crippen molar-refractivity contribution in [2.24, 2.45) is 9.98 Å². The molecule has 0 amide bonds. The van der Waals surface area contributed by atoms with E-state index in [1.807, 2.05) is 84.9 Å². The van der Waals surface area contributed by atoms with Crippen LogP contribution in [0.5, 0.6) is 0 Å². The first-order chi connectivity index (χ1) is 29.2. The van der Waals surface area contributed by atoms with Crippen LogP contribution in [0.15, 0.2) is 227 Å². The lowest BCUT2D eigenvalue weighted by molar-refractivity contribution is 0.674. The lowest BCUT2D eigenvalue weighted by Crippen LogP contribution is -2.04. The first kappa shape index (κ1) is 35.5. The van der Waals surface area contributed by atoms with Crippen molar-refractivity contribution < 1.29 is 4.42 Å². The van der Waals surface area contributed by atoms with Gasteiger partial charge in [0, 0.05) is 39.1 Å². The zero-order valence-electron chi connectivity index (χ0n) is 32.1. The Hall–Kier alpha value is -7.95. The van der Waals surface area contributed by atoms with Crippen molar-refractivity contribution in [2.45, 2.75) is 0 Å². The lowest BCUT2D eigenvalue weighted by atomic mass is 9.93.